The molecule has 1 N–H and O–H groups in total. The number of hydrogen-bond donors (Lipinski definition) is 1. The highest BCUT2D eigenvalue weighted by molar-refractivity contribution is 7.98. The van der Waals surface area contributed by atoms with E-state index in [1.807, 2.05) is 18.2 Å². The molecule has 0 radical (unpaired) electrons. The molecule has 0 saturated heterocycles. The molecule has 94 valence electrons. The number of aromatic hydroxyl groups is 1. The monoisotopic (exact) mass is 266 g/mol. The van der Waals surface area contributed by atoms with Gasteiger partial charge in [0.25, 0.3) is 0 Å². The van der Waals surface area contributed by atoms with Crippen LogP contribution in [0.25, 0.3) is 10.8 Å². The Labute approximate surface area is 116 Å². The van der Waals surface area contributed by atoms with Crippen LogP contribution in [0.5, 0.6) is 5.75 Å². The fourth-order valence-electron chi connectivity index (χ4n) is 2.15. The highest BCUT2D eigenvalue weighted by atomic mass is 32.2. The van der Waals surface area contributed by atoms with E-state index in [2.05, 4.69) is 42.5 Å². The molecule has 19 heavy (non-hydrogen) atoms. The molecule has 0 aromatic heterocycles. The molecule has 3 rings (SSSR count). The maximum Gasteiger partial charge on any atom is 0.129 e. The van der Waals surface area contributed by atoms with Gasteiger partial charge >= 0.3 is 0 Å². The molecule has 2 heteroatoms. The summed E-state index contributed by atoms with van der Waals surface area (Å²) in [6, 6.07) is 22.2. The number of benzene rings is 3. The Morgan fingerprint density at radius 1 is 0.789 bits per heavy atom. The lowest BCUT2D eigenvalue weighted by Gasteiger charge is -2.07. The summed E-state index contributed by atoms with van der Waals surface area (Å²) in [6.45, 7) is 0. The number of hydrogen-bond acceptors (Lipinski definition) is 2. The van der Waals surface area contributed by atoms with Gasteiger partial charge in [-0.15, -0.1) is 11.8 Å². The Bertz CT molecular complexity index is 701. The van der Waals surface area contributed by atoms with Gasteiger partial charge in [0, 0.05) is 10.6 Å². The summed E-state index contributed by atoms with van der Waals surface area (Å²) in [6.07, 6.45) is 0. The van der Waals surface area contributed by atoms with Crippen molar-refractivity contribution < 1.29 is 5.11 Å². The molecule has 0 spiro atoms. The third kappa shape index (κ3) is 2.59. The first-order chi connectivity index (χ1) is 9.34. The average molecular weight is 266 g/mol. The first-order valence-corrected chi connectivity index (χ1v) is 7.20. The summed E-state index contributed by atoms with van der Waals surface area (Å²) in [7, 11) is 0. The van der Waals surface area contributed by atoms with Gasteiger partial charge in [-0.3, -0.25) is 0 Å². The second kappa shape index (κ2) is 5.37. The SMILES string of the molecule is Oc1ccccc1SCc1cccc2ccccc12. The fraction of sp³-hybridized carbons (Fsp3) is 0.0588. The molecule has 3 aromatic rings. The van der Waals surface area contributed by atoms with Gasteiger partial charge in [0.1, 0.15) is 5.75 Å². The van der Waals surface area contributed by atoms with Gasteiger partial charge in [-0.25, -0.2) is 0 Å². The van der Waals surface area contributed by atoms with Crippen LogP contribution in [-0.2, 0) is 5.75 Å². The minimum absolute atomic E-state index is 0.354. The fourth-order valence-corrected chi connectivity index (χ4v) is 3.11. The van der Waals surface area contributed by atoms with Crippen LogP contribution in [0.15, 0.2) is 71.6 Å². The summed E-state index contributed by atoms with van der Waals surface area (Å²) >= 11 is 1.66. The minimum Gasteiger partial charge on any atom is -0.507 e. The van der Waals surface area contributed by atoms with E-state index in [4.69, 9.17) is 0 Å². The number of rotatable bonds is 3. The van der Waals surface area contributed by atoms with Gasteiger partial charge in [0.05, 0.1) is 0 Å². The maximum atomic E-state index is 9.78. The van der Waals surface area contributed by atoms with E-state index < -0.39 is 0 Å². The largest absolute Gasteiger partial charge is 0.507 e. The summed E-state index contributed by atoms with van der Waals surface area (Å²) in [5.41, 5.74) is 1.30. The molecule has 0 atom stereocenters. The van der Waals surface area contributed by atoms with Gasteiger partial charge in [-0.1, -0.05) is 54.6 Å². The molecule has 3 aromatic carbocycles. The van der Waals surface area contributed by atoms with Crippen LogP contribution in [0.2, 0.25) is 0 Å². The summed E-state index contributed by atoms with van der Waals surface area (Å²) < 4.78 is 0. The smallest absolute Gasteiger partial charge is 0.129 e. The van der Waals surface area contributed by atoms with Crippen molar-refractivity contribution >= 4 is 22.5 Å². The minimum atomic E-state index is 0.354. The average Bonchev–Trinajstić information content (AvgIpc) is 2.46. The van der Waals surface area contributed by atoms with Crippen molar-refractivity contribution in [2.45, 2.75) is 10.6 Å². The standard InChI is InChI=1S/C17H14OS/c18-16-10-3-4-11-17(16)19-12-14-8-5-7-13-6-1-2-9-15(13)14/h1-11,18H,12H2. The molecule has 0 unspecified atom stereocenters. The Hall–Kier alpha value is -1.93. The third-order valence-corrected chi connectivity index (χ3v) is 4.24. The molecule has 1 nitrogen and oxygen atoms in total. The lowest BCUT2D eigenvalue weighted by molar-refractivity contribution is 0.462. The van der Waals surface area contributed by atoms with Crippen molar-refractivity contribution in [2.24, 2.45) is 0 Å². The summed E-state index contributed by atoms with van der Waals surface area (Å²) in [4.78, 5) is 0.926. The Balaban J connectivity index is 1.88. The van der Waals surface area contributed by atoms with E-state index in [9.17, 15) is 5.11 Å². The second-order valence-electron chi connectivity index (χ2n) is 4.39. The van der Waals surface area contributed by atoms with Crippen LogP contribution in [0.4, 0.5) is 0 Å². The van der Waals surface area contributed by atoms with Gasteiger partial charge in [-0.05, 0) is 28.5 Å². The van der Waals surface area contributed by atoms with Crippen LogP contribution in [-0.4, -0.2) is 5.11 Å². The van der Waals surface area contributed by atoms with Gasteiger partial charge in [0.15, 0.2) is 0 Å². The van der Waals surface area contributed by atoms with Gasteiger partial charge < -0.3 is 5.11 Å². The van der Waals surface area contributed by atoms with E-state index in [0.717, 1.165) is 10.6 Å². The van der Waals surface area contributed by atoms with E-state index in [-0.39, 0.29) is 0 Å². The highest BCUT2D eigenvalue weighted by Gasteiger charge is 2.04. The second-order valence-corrected chi connectivity index (χ2v) is 5.41. The number of para-hydroxylation sites is 1. The first-order valence-electron chi connectivity index (χ1n) is 6.22. The predicted molar refractivity (Wildman–Crippen MR) is 81.6 cm³/mol. The molecule has 0 saturated carbocycles. The van der Waals surface area contributed by atoms with Crippen molar-refractivity contribution in [1.82, 2.24) is 0 Å². The number of thioether (sulfide) groups is 1. The molecular formula is C17H14OS. The van der Waals surface area contributed by atoms with Crippen molar-refractivity contribution in [3.8, 4) is 5.75 Å². The van der Waals surface area contributed by atoms with E-state index in [1.165, 1.54) is 16.3 Å². The molecule has 0 fully saturated rings. The van der Waals surface area contributed by atoms with Crippen molar-refractivity contribution in [3.63, 3.8) is 0 Å². The van der Waals surface area contributed by atoms with Crippen LogP contribution in [0.3, 0.4) is 0 Å². The molecule has 0 aliphatic heterocycles. The number of phenols is 1. The molecule has 0 bridgehead atoms. The Kier molecular flexibility index (Phi) is 3.43. The van der Waals surface area contributed by atoms with Crippen LogP contribution >= 0.6 is 11.8 Å². The quantitative estimate of drug-likeness (QED) is 0.685. The maximum absolute atomic E-state index is 9.78. The van der Waals surface area contributed by atoms with Gasteiger partial charge in [0.2, 0.25) is 0 Å². The molecule has 0 amide bonds. The van der Waals surface area contributed by atoms with Crippen molar-refractivity contribution in [1.29, 1.82) is 0 Å². The predicted octanol–water partition coefficient (Wildman–Crippen LogP) is 4.84. The topological polar surface area (TPSA) is 20.2 Å². The number of fused-ring (bicyclic) bond motifs is 1. The van der Waals surface area contributed by atoms with Crippen LogP contribution in [0.1, 0.15) is 5.56 Å². The van der Waals surface area contributed by atoms with E-state index in [1.54, 1.807) is 17.8 Å². The lowest BCUT2D eigenvalue weighted by atomic mass is 10.1. The molecule has 0 heterocycles. The number of phenolic OH excluding ortho intramolecular Hbond substituents is 1. The summed E-state index contributed by atoms with van der Waals surface area (Å²) in [5, 5.41) is 12.3. The Morgan fingerprint density at radius 3 is 2.42 bits per heavy atom. The van der Waals surface area contributed by atoms with Crippen LogP contribution < -0.4 is 0 Å². The third-order valence-electron chi connectivity index (χ3n) is 3.13. The normalized spacial score (nSPS) is 10.7. The zero-order valence-electron chi connectivity index (χ0n) is 10.4. The Morgan fingerprint density at radius 2 is 1.53 bits per heavy atom. The van der Waals surface area contributed by atoms with E-state index >= 15 is 0 Å². The summed E-state index contributed by atoms with van der Waals surface area (Å²) in [5.74, 6) is 1.21. The van der Waals surface area contributed by atoms with Gasteiger partial charge in [-0.2, -0.15) is 0 Å². The zero-order chi connectivity index (χ0) is 13.1. The molecular weight excluding hydrogens is 252 g/mol. The van der Waals surface area contributed by atoms with Crippen molar-refractivity contribution in [3.05, 3.63) is 72.3 Å². The first kappa shape index (κ1) is 12.1. The molecule has 0 aliphatic rings. The van der Waals surface area contributed by atoms with E-state index in [0.29, 0.717) is 5.75 Å². The zero-order valence-corrected chi connectivity index (χ0v) is 11.2. The molecule has 0 aliphatic carbocycles. The highest BCUT2D eigenvalue weighted by Crippen LogP contribution is 2.32. The lowest BCUT2D eigenvalue weighted by Crippen LogP contribution is -1.84. The van der Waals surface area contributed by atoms with Crippen molar-refractivity contribution in [2.75, 3.05) is 0 Å². The van der Waals surface area contributed by atoms with Crippen LogP contribution in [0, 0.1) is 0 Å².